The van der Waals surface area contributed by atoms with Gasteiger partial charge in [-0.05, 0) is 41.7 Å². The summed E-state index contributed by atoms with van der Waals surface area (Å²) in [4.78, 5) is 32.6. The van der Waals surface area contributed by atoms with Crippen LogP contribution in [0.4, 0.5) is 19.3 Å². The largest absolute Gasteiger partial charge is 0.481 e. The summed E-state index contributed by atoms with van der Waals surface area (Å²) in [5.41, 5.74) is 2.25. The standard InChI is InChI=1S/C22H20F2N4O3/c1-31-19-8-13(4-5-25-19)14-6-12-7-18(14)28(9-12)20(29)11-27-10-15-17(26-22(27)30)3-2-16(23)21(15)24/h2-6,8,12,18H,7,9-11H2,1H3,(H,26,30)/t12-,18-/m1/s1. The van der Waals surface area contributed by atoms with Crippen LogP contribution in [0.15, 0.2) is 36.5 Å². The van der Waals surface area contributed by atoms with Crippen molar-refractivity contribution in [2.75, 3.05) is 25.5 Å². The number of methoxy groups -OCH3 is 1. The normalized spacial score (nSPS) is 21.6. The van der Waals surface area contributed by atoms with Crippen molar-refractivity contribution >= 4 is 23.2 Å². The van der Waals surface area contributed by atoms with Crippen LogP contribution in [-0.2, 0) is 11.3 Å². The van der Waals surface area contributed by atoms with Crippen molar-refractivity contribution in [2.24, 2.45) is 5.92 Å². The number of ether oxygens (including phenoxy) is 1. The summed E-state index contributed by atoms with van der Waals surface area (Å²) in [5.74, 6) is -1.48. The number of rotatable bonds is 4. The third kappa shape index (κ3) is 3.30. The zero-order chi connectivity index (χ0) is 21.7. The molecule has 1 aliphatic carbocycles. The van der Waals surface area contributed by atoms with E-state index in [1.807, 2.05) is 12.1 Å². The van der Waals surface area contributed by atoms with Gasteiger partial charge in [0.25, 0.3) is 0 Å². The Balaban J connectivity index is 1.33. The Kier molecular flexibility index (Phi) is 4.60. The van der Waals surface area contributed by atoms with Crippen LogP contribution >= 0.6 is 0 Å². The van der Waals surface area contributed by atoms with Crippen molar-refractivity contribution < 1.29 is 23.1 Å². The Morgan fingerprint density at radius 3 is 2.94 bits per heavy atom. The third-order valence-electron chi connectivity index (χ3n) is 6.11. The molecule has 31 heavy (non-hydrogen) atoms. The quantitative estimate of drug-likeness (QED) is 0.816. The average Bonchev–Trinajstić information content (AvgIpc) is 3.39. The van der Waals surface area contributed by atoms with E-state index in [4.69, 9.17) is 4.74 Å². The van der Waals surface area contributed by atoms with Crippen LogP contribution in [0.2, 0.25) is 0 Å². The minimum absolute atomic E-state index is 0.0415. The second-order valence-electron chi connectivity index (χ2n) is 7.94. The van der Waals surface area contributed by atoms with Crippen molar-refractivity contribution in [2.45, 2.75) is 19.0 Å². The highest BCUT2D eigenvalue weighted by molar-refractivity contribution is 5.95. The molecule has 0 spiro atoms. The maximum absolute atomic E-state index is 14.2. The van der Waals surface area contributed by atoms with E-state index in [0.717, 1.165) is 23.6 Å². The molecule has 2 bridgehead atoms. The Labute approximate surface area is 177 Å². The predicted octanol–water partition coefficient (Wildman–Crippen LogP) is 3.03. The lowest BCUT2D eigenvalue weighted by molar-refractivity contribution is -0.132. The van der Waals surface area contributed by atoms with Crippen LogP contribution in [0, 0.1) is 17.6 Å². The number of hydrogen-bond donors (Lipinski definition) is 1. The average molecular weight is 426 g/mol. The summed E-state index contributed by atoms with van der Waals surface area (Å²) in [6, 6.07) is 5.40. The molecule has 0 unspecified atom stereocenters. The minimum Gasteiger partial charge on any atom is -0.481 e. The van der Waals surface area contributed by atoms with Crippen molar-refractivity contribution in [3.63, 3.8) is 0 Å². The smallest absolute Gasteiger partial charge is 0.322 e. The lowest BCUT2D eigenvalue weighted by Gasteiger charge is -2.33. The molecule has 1 aromatic carbocycles. The van der Waals surface area contributed by atoms with Gasteiger partial charge in [0, 0.05) is 24.4 Å². The number of carbonyl (C=O) groups excluding carboxylic acids is 2. The second-order valence-corrected chi connectivity index (χ2v) is 7.94. The predicted molar refractivity (Wildman–Crippen MR) is 108 cm³/mol. The van der Waals surface area contributed by atoms with E-state index in [2.05, 4.69) is 16.4 Å². The highest BCUT2D eigenvalue weighted by Gasteiger charge is 2.42. The van der Waals surface area contributed by atoms with E-state index < -0.39 is 17.7 Å². The molecule has 0 saturated carbocycles. The Bertz CT molecular complexity index is 1120. The van der Waals surface area contributed by atoms with E-state index >= 15 is 0 Å². The van der Waals surface area contributed by atoms with E-state index in [1.165, 1.54) is 11.0 Å². The van der Waals surface area contributed by atoms with Crippen LogP contribution in [0.1, 0.15) is 17.5 Å². The number of nitrogens with one attached hydrogen (secondary N) is 1. The summed E-state index contributed by atoms with van der Waals surface area (Å²) in [5, 5.41) is 2.53. The van der Waals surface area contributed by atoms with Gasteiger partial charge in [0.05, 0.1) is 25.4 Å². The molecule has 3 heterocycles. The monoisotopic (exact) mass is 426 g/mol. The van der Waals surface area contributed by atoms with Gasteiger partial charge in [0.2, 0.25) is 11.8 Å². The molecule has 2 aromatic rings. The van der Waals surface area contributed by atoms with E-state index in [1.54, 1.807) is 18.2 Å². The summed E-state index contributed by atoms with van der Waals surface area (Å²) >= 11 is 0. The van der Waals surface area contributed by atoms with Crippen LogP contribution in [0.3, 0.4) is 0 Å². The number of anilines is 1. The van der Waals surface area contributed by atoms with E-state index in [-0.39, 0.29) is 42.2 Å². The molecule has 7 nitrogen and oxygen atoms in total. The fourth-order valence-electron chi connectivity index (χ4n) is 4.62. The summed E-state index contributed by atoms with van der Waals surface area (Å²) in [6.45, 7) is 0.199. The highest BCUT2D eigenvalue weighted by Crippen LogP contribution is 2.42. The molecule has 1 aromatic heterocycles. The molecule has 160 valence electrons. The van der Waals surface area contributed by atoms with Crippen molar-refractivity contribution in [3.8, 4) is 5.88 Å². The van der Waals surface area contributed by atoms with E-state index in [9.17, 15) is 18.4 Å². The molecule has 3 aliphatic rings. The first-order chi connectivity index (χ1) is 14.9. The molecule has 5 rings (SSSR count). The molecule has 9 heteroatoms. The fourth-order valence-corrected chi connectivity index (χ4v) is 4.62. The Hall–Kier alpha value is -3.49. The van der Waals surface area contributed by atoms with Crippen LogP contribution in [-0.4, -0.2) is 53.0 Å². The number of pyridine rings is 1. The van der Waals surface area contributed by atoms with Gasteiger partial charge in [-0.25, -0.2) is 18.6 Å². The molecular formula is C22H20F2N4O3. The number of nitrogens with zero attached hydrogens (tertiary/aromatic N) is 3. The van der Waals surface area contributed by atoms with Crippen LogP contribution < -0.4 is 10.1 Å². The second kappa shape index (κ2) is 7.33. The first kappa shape index (κ1) is 19.5. The van der Waals surface area contributed by atoms with Crippen molar-refractivity contribution in [1.82, 2.24) is 14.8 Å². The molecule has 1 saturated heterocycles. The lowest BCUT2D eigenvalue weighted by Crippen LogP contribution is -2.48. The van der Waals surface area contributed by atoms with Gasteiger partial charge in [-0.1, -0.05) is 6.08 Å². The van der Waals surface area contributed by atoms with Crippen LogP contribution in [0.5, 0.6) is 5.88 Å². The Morgan fingerprint density at radius 1 is 1.32 bits per heavy atom. The third-order valence-corrected chi connectivity index (χ3v) is 6.11. The fraction of sp³-hybridized carbons (Fsp3) is 0.318. The number of halogens is 2. The number of carbonyl (C=O) groups is 2. The molecule has 2 atom stereocenters. The van der Waals surface area contributed by atoms with Gasteiger partial charge >= 0.3 is 6.03 Å². The van der Waals surface area contributed by atoms with Gasteiger partial charge in [-0.2, -0.15) is 0 Å². The SMILES string of the molecule is COc1cc(C2=C[C@@H]3C[C@H]2N(C(=O)CN2Cc4c(ccc(F)c4F)NC2=O)C3)ccn1. The number of aromatic nitrogens is 1. The number of likely N-dealkylation sites (tertiary alicyclic amines) is 1. The van der Waals surface area contributed by atoms with Crippen LogP contribution in [0.25, 0.3) is 5.57 Å². The lowest BCUT2D eigenvalue weighted by atomic mass is 10.0. The topological polar surface area (TPSA) is 74.8 Å². The summed E-state index contributed by atoms with van der Waals surface area (Å²) in [6.07, 6.45) is 4.65. The number of amides is 3. The molecule has 1 fully saturated rings. The van der Waals surface area contributed by atoms with Crippen molar-refractivity contribution in [1.29, 1.82) is 0 Å². The zero-order valence-corrected chi connectivity index (χ0v) is 16.8. The number of hydrogen-bond acceptors (Lipinski definition) is 4. The van der Waals surface area contributed by atoms with Gasteiger partial charge in [0.15, 0.2) is 11.6 Å². The molecule has 1 N–H and O–H groups in total. The van der Waals surface area contributed by atoms with Gasteiger partial charge in [0.1, 0.15) is 6.54 Å². The maximum Gasteiger partial charge on any atom is 0.322 e. The van der Waals surface area contributed by atoms with Crippen molar-refractivity contribution in [3.05, 3.63) is 59.3 Å². The highest BCUT2D eigenvalue weighted by atomic mass is 19.2. The summed E-state index contributed by atoms with van der Waals surface area (Å²) in [7, 11) is 1.55. The molecule has 3 amide bonds. The van der Waals surface area contributed by atoms with E-state index in [0.29, 0.717) is 12.4 Å². The minimum atomic E-state index is -1.01. The molecule has 0 radical (unpaired) electrons. The molecular weight excluding hydrogens is 406 g/mol. The first-order valence-corrected chi connectivity index (χ1v) is 9.99. The molecule has 2 aliphatic heterocycles. The first-order valence-electron chi connectivity index (χ1n) is 9.99. The number of benzene rings is 1. The zero-order valence-electron chi connectivity index (χ0n) is 16.8. The maximum atomic E-state index is 14.2. The summed E-state index contributed by atoms with van der Waals surface area (Å²) < 4.78 is 33.0. The Morgan fingerprint density at radius 2 is 2.16 bits per heavy atom. The number of fused-ring (bicyclic) bond motifs is 3. The van der Waals surface area contributed by atoms with Gasteiger partial charge < -0.3 is 19.9 Å². The van der Waals surface area contributed by atoms with Gasteiger partial charge in [-0.15, -0.1) is 0 Å². The van der Waals surface area contributed by atoms with Gasteiger partial charge in [-0.3, -0.25) is 4.79 Å². The number of urea groups is 1.